The number of halogens is 3. The SMILES string of the molecule is NCCC1CCN(S(=O)(=O)c2cccc(C(F)(F)F)c2)C1. The fourth-order valence-electron chi connectivity index (χ4n) is 2.47. The van der Waals surface area contributed by atoms with Gasteiger partial charge in [0, 0.05) is 13.1 Å². The van der Waals surface area contributed by atoms with Gasteiger partial charge < -0.3 is 5.73 Å². The molecule has 0 aromatic heterocycles. The van der Waals surface area contributed by atoms with Gasteiger partial charge in [-0.05, 0) is 43.5 Å². The van der Waals surface area contributed by atoms with Gasteiger partial charge in [0.25, 0.3) is 0 Å². The van der Waals surface area contributed by atoms with Crippen molar-refractivity contribution in [2.45, 2.75) is 23.9 Å². The average Bonchev–Trinajstić information content (AvgIpc) is 2.88. The average molecular weight is 322 g/mol. The third-order valence-electron chi connectivity index (χ3n) is 3.62. The van der Waals surface area contributed by atoms with Crippen LogP contribution in [0.15, 0.2) is 29.2 Å². The van der Waals surface area contributed by atoms with E-state index in [1.54, 1.807) is 0 Å². The quantitative estimate of drug-likeness (QED) is 0.923. The van der Waals surface area contributed by atoms with Gasteiger partial charge in [-0.15, -0.1) is 0 Å². The van der Waals surface area contributed by atoms with Crippen molar-refractivity contribution in [1.29, 1.82) is 0 Å². The fraction of sp³-hybridized carbons (Fsp3) is 0.538. The zero-order valence-corrected chi connectivity index (χ0v) is 12.1. The third kappa shape index (κ3) is 3.56. The maximum absolute atomic E-state index is 12.7. The highest BCUT2D eigenvalue weighted by Gasteiger charge is 2.35. The van der Waals surface area contributed by atoms with Crippen molar-refractivity contribution < 1.29 is 21.6 Å². The van der Waals surface area contributed by atoms with Crippen LogP contribution < -0.4 is 5.73 Å². The molecule has 2 rings (SSSR count). The Morgan fingerprint density at radius 1 is 1.33 bits per heavy atom. The highest BCUT2D eigenvalue weighted by atomic mass is 32.2. The fourth-order valence-corrected chi connectivity index (χ4v) is 4.05. The molecule has 0 radical (unpaired) electrons. The Labute approximate surface area is 121 Å². The molecule has 1 aromatic carbocycles. The van der Waals surface area contributed by atoms with Gasteiger partial charge in [-0.1, -0.05) is 6.07 Å². The minimum atomic E-state index is -4.56. The molecule has 0 spiro atoms. The van der Waals surface area contributed by atoms with Crippen LogP contribution in [0.3, 0.4) is 0 Å². The van der Waals surface area contributed by atoms with E-state index < -0.39 is 21.8 Å². The van der Waals surface area contributed by atoms with Crippen molar-refractivity contribution in [2.75, 3.05) is 19.6 Å². The summed E-state index contributed by atoms with van der Waals surface area (Å²) < 4.78 is 64.0. The van der Waals surface area contributed by atoms with Gasteiger partial charge in [-0.25, -0.2) is 8.42 Å². The van der Waals surface area contributed by atoms with Crippen molar-refractivity contribution in [3.8, 4) is 0 Å². The minimum absolute atomic E-state index is 0.176. The summed E-state index contributed by atoms with van der Waals surface area (Å²) in [6.07, 6.45) is -3.15. The Bertz CT molecular complexity index is 602. The minimum Gasteiger partial charge on any atom is -0.330 e. The van der Waals surface area contributed by atoms with Crippen molar-refractivity contribution in [2.24, 2.45) is 11.7 Å². The predicted molar refractivity (Wildman–Crippen MR) is 72.0 cm³/mol. The lowest BCUT2D eigenvalue weighted by molar-refractivity contribution is -0.137. The summed E-state index contributed by atoms with van der Waals surface area (Å²) in [7, 11) is -3.88. The molecule has 1 aliphatic heterocycles. The number of hydrogen-bond donors (Lipinski definition) is 1. The number of benzene rings is 1. The molecule has 1 saturated heterocycles. The predicted octanol–water partition coefficient (Wildman–Crippen LogP) is 2.06. The van der Waals surface area contributed by atoms with Gasteiger partial charge in [0.15, 0.2) is 0 Å². The van der Waals surface area contributed by atoms with E-state index >= 15 is 0 Å². The van der Waals surface area contributed by atoms with Crippen LogP contribution in [-0.4, -0.2) is 32.4 Å². The molecule has 118 valence electrons. The van der Waals surface area contributed by atoms with E-state index in [0.717, 1.165) is 12.1 Å². The van der Waals surface area contributed by atoms with E-state index in [4.69, 9.17) is 5.73 Å². The molecule has 1 atom stereocenters. The molecule has 0 bridgehead atoms. The van der Waals surface area contributed by atoms with Crippen molar-refractivity contribution in [3.05, 3.63) is 29.8 Å². The van der Waals surface area contributed by atoms with Crippen LogP contribution in [0.1, 0.15) is 18.4 Å². The monoisotopic (exact) mass is 322 g/mol. The zero-order valence-electron chi connectivity index (χ0n) is 11.3. The van der Waals surface area contributed by atoms with Gasteiger partial charge in [-0.2, -0.15) is 17.5 Å². The van der Waals surface area contributed by atoms with Crippen LogP contribution in [0.2, 0.25) is 0 Å². The molecule has 2 N–H and O–H groups in total. The van der Waals surface area contributed by atoms with E-state index in [2.05, 4.69) is 0 Å². The molecule has 1 unspecified atom stereocenters. The third-order valence-corrected chi connectivity index (χ3v) is 5.48. The molecule has 4 nitrogen and oxygen atoms in total. The largest absolute Gasteiger partial charge is 0.416 e. The van der Waals surface area contributed by atoms with Gasteiger partial charge in [0.2, 0.25) is 10.0 Å². The number of nitrogens with two attached hydrogens (primary N) is 1. The van der Waals surface area contributed by atoms with Gasteiger partial charge in [-0.3, -0.25) is 0 Å². The summed E-state index contributed by atoms with van der Waals surface area (Å²) in [5.74, 6) is 0.176. The van der Waals surface area contributed by atoms with E-state index in [0.29, 0.717) is 38.5 Å². The van der Waals surface area contributed by atoms with E-state index in [-0.39, 0.29) is 10.8 Å². The first-order valence-electron chi connectivity index (χ1n) is 6.62. The lowest BCUT2D eigenvalue weighted by Gasteiger charge is -2.17. The molecule has 1 aromatic rings. The molecule has 0 amide bonds. The van der Waals surface area contributed by atoms with Crippen LogP contribution in [0.25, 0.3) is 0 Å². The Kier molecular flexibility index (Phi) is 4.60. The molecular weight excluding hydrogens is 305 g/mol. The molecule has 0 aliphatic carbocycles. The first-order valence-corrected chi connectivity index (χ1v) is 8.06. The Balaban J connectivity index is 2.25. The molecule has 1 heterocycles. The molecule has 21 heavy (non-hydrogen) atoms. The normalized spacial score (nSPS) is 20.9. The summed E-state index contributed by atoms with van der Waals surface area (Å²) in [5, 5.41) is 0. The zero-order chi connectivity index (χ0) is 15.7. The summed E-state index contributed by atoms with van der Waals surface area (Å²) in [6, 6.07) is 3.86. The highest BCUT2D eigenvalue weighted by Crippen LogP contribution is 2.32. The van der Waals surface area contributed by atoms with Crippen LogP contribution in [0.4, 0.5) is 13.2 Å². The number of nitrogens with zero attached hydrogens (tertiary/aromatic N) is 1. The lowest BCUT2D eigenvalue weighted by atomic mass is 10.1. The van der Waals surface area contributed by atoms with Crippen molar-refractivity contribution in [1.82, 2.24) is 4.31 Å². The van der Waals surface area contributed by atoms with E-state index in [1.165, 1.54) is 10.4 Å². The van der Waals surface area contributed by atoms with Crippen molar-refractivity contribution >= 4 is 10.0 Å². The van der Waals surface area contributed by atoms with Gasteiger partial charge >= 0.3 is 6.18 Å². The Morgan fingerprint density at radius 2 is 2.05 bits per heavy atom. The summed E-state index contributed by atoms with van der Waals surface area (Å²) in [5.41, 5.74) is 4.49. The smallest absolute Gasteiger partial charge is 0.330 e. The second-order valence-corrected chi connectivity index (χ2v) is 7.06. The number of sulfonamides is 1. The van der Waals surface area contributed by atoms with E-state index in [9.17, 15) is 21.6 Å². The summed E-state index contributed by atoms with van der Waals surface area (Å²) in [4.78, 5) is -0.314. The van der Waals surface area contributed by atoms with Gasteiger partial charge in [0.1, 0.15) is 0 Å². The summed E-state index contributed by atoms with van der Waals surface area (Å²) in [6.45, 7) is 1.11. The van der Waals surface area contributed by atoms with Crippen LogP contribution in [0.5, 0.6) is 0 Å². The first-order chi connectivity index (χ1) is 9.75. The molecule has 1 aliphatic rings. The topological polar surface area (TPSA) is 63.4 Å². The lowest BCUT2D eigenvalue weighted by Crippen LogP contribution is -2.29. The maximum atomic E-state index is 12.7. The Morgan fingerprint density at radius 3 is 2.67 bits per heavy atom. The molecule has 0 saturated carbocycles. The Hall–Kier alpha value is -1.12. The van der Waals surface area contributed by atoms with E-state index in [1.807, 2.05) is 0 Å². The first kappa shape index (κ1) is 16.3. The van der Waals surface area contributed by atoms with Crippen LogP contribution >= 0.6 is 0 Å². The number of alkyl halides is 3. The maximum Gasteiger partial charge on any atom is 0.416 e. The summed E-state index contributed by atoms with van der Waals surface area (Å²) >= 11 is 0. The van der Waals surface area contributed by atoms with Crippen LogP contribution in [-0.2, 0) is 16.2 Å². The number of rotatable bonds is 4. The highest BCUT2D eigenvalue weighted by molar-refractivity contribution is 7.89. The number of hydrogen-bond acceptors (Lipinski definition) is 3. The molecule has 8 heteroatoms. The van der Waals surface area contributed by atoms with Crippen molar-refractivity contribution in [3.63, 3.8) is 0 Å². The van der Waals surface area contributed by atoms with Gasteiger partial charge in [0.05, 0.1) is 10.5 Å². The second-order valence-electron chi connectivity index (χ2n) is 5.12. The molecule has 1 fully saturated rings. The molecular formula is C13H17F3N2O2S. The standard InChI is InChI=1S/C13H17F3N2O2S/c14-13(15,16)11-2-1-3-12(8-11)21(19,20)18-7-5-10(9-18)4-6-17/h1-3,8,10H,4-7,9,17H2. The second kappa shape index (κ2) is 5.94. The van der Waals surface area contributed by atoms with Crippen LogP contribution in [0, 0.1) is 5.92 Å².